The van der Waals surface area contributed by atoms with E-state index >= 15 is 0 Å². The highest BCUT2D eigenvalue weighted by Crippen LogP contribution is 2.39. The van der Waals surface area contributed by atoms with Crippen LogP contribution in [0.2, 0.25) is 0 Å². The molecule has 0 bridgehead atoms. The van der Waals surface area contributed by atoms with Crippen LogP contribution in [-0.2, 0) is 4.79 Å². The first kappa shape index (κ1) is 10.9. The van der Waals surface area contributed by atoms with Crippen LogP contribution in [0.5, 0.6) is 0 Å². The molecule has 0 atom stereocenters. The molecular formula is C12H22N2O. The minimum absolute atomic E-state index is 0.0939. The third-order valence-corrected chi connectivity index (χ3v) is 4.10. The molecule has 2 aliphatic rings. The van der Waals surface area contributed by atoms with Crippen molar-refractivity contribution < 1.29 is 4.79 Å². The summed E-state index contributed by atoms with van der Waals surface area (Å²) in [6, 6.07) is 0. The quantitative estimate of drug-likeness (QED) is 0.743. The van der Waals surface area contributed by atoms with Crippen LogP contribution in [0.4, 0.5) is 0 Å². The van der Waals surface area contributed by atoms with E-state index in [-0.39, 0.29) is 16.9 Å². The molecular weight excluding hydrogens is 188 g/mol. The lowest BCUT2D eigenvalue weighted by atomic mass is 9.73. The Balaban J connectivity index is 2.00. The molecule has 15 heavy (non-hydrogen) atoms. The predicted octanol–water partition coefficient (Wildman–Crippen LogP) is 1.56. The minimum Gasteiger partial charge on any atom is -0.350 e. The Bertz CT molecular complexity index is 252. The van der Waals surface area contributed by atoms with Gasteiger partial charge in [-0.25, -0.2) is 0 Å². The van der Waals surface area contributed by atoms with Crippen LogP contribution in [0.1, 0.15) is 51.9 Å². The van der Waals surface area contributed by atoms with Gasteiger partial charge in [0.25, 0.3) is 0 Å². The highest BCUT2D eigenvalue weighted by Gasteiger charge is 2.45. The van der Waals surface area contributed by atoms with Crippen LogP contribution in [-0.4, -0.2) is 18.0 Å². The molecule has 1 amide bonds. The maximum atomic E-state index is 12.2. The van der Waals surface area contributed by atoms with Crippen molar-refractivity contribution in [1.82, 2.24) is 5.32 Å². The summed E-state index contributed by atoms with van der Waals surface area (Å²) >= 11 is 0. The van der Waals surface area contributed by atoms with E-state index in [1.807, 2.05) is 0 Å². The van der Waals surface area contributed by atoms with Crippen molar-refractivity contribution in [3.8, 4) is 0 Å². The van der Waals surface area contributed by atoms with E-state index < -0.39 is 0 Å². The van der Waals surface area contributed by atoms with Crippen LogP contribution in [0.3, 0.4) is 0 Å². The van der Waals surface area contributed by atoms with Gasteiger partial charge in [0.05, 0.1) is 5.41 Å². The Morgan fingerprint density at radius 3 is 2.27 bits per heavy atom. The fraction of sp³-hybridized carbons (Fsp3) is 0.917. The Morgan fingerprint density at radius 1 is 1.20 bits per heavy atom. The van der Waals surface area contributed by atoms with Crippen LogP contribution < -0.4 is 11.1 Å². The summed E-state index contributed by atoms with van der Waals surface area (Å²) in [5.41, 5.74) is 5.67. The molecule has 3 N–H and O–H groups in total. The maximum absolute atomic E-state index is 12.2. The second-order valence-electron chi connectivity index (χ2n) is 5.56. The van der Waals surface area contributed by atoms with Crippen molar-refractivity contribution in [2.45, 2.75) is 57.4 Å². The molecule has 2 rings (SSSR count). The smallest absolute Gasteiger partial charge is 0.227 e. The van der Waals surface area contributed by atoms with Gasteiger partial charge in [0, 0.05) is 12.1 Å². The summed E-state index contributed by atoms with van der Waals surface area (Å²) in [6.07, 6.45) is 7.77. The zero-order chi connectivity index (χ0) is 10.9. The molecule has 2 fully saturated rings. The standard InChI is InChI=1S/C12H22N2O/c1-11(7-8-11)14-10(15)12(9-13)5-3-2-4-6-12/h2-9,13H2,1H3,(H,14,15). The molecule has 2 aliphatic carbocycles. The Hall–Kier alpha value is -0.570. The zero-order valence-electron chi connectivity index (χ0n) is 9.64. The van der Waals surface area contributed by atoms with E-state index in [9.17, 15) is 4.79 Å². The molecule has 3 heteroatoms. The van der Waals surface area contributed by atoms with E-state index in [4.69, 9.17) is 5.73 Å². The molecule has 0 aromatic heterocycles. The lowest BCUT2D eigenvalue weighted by molar-refractivity contribution is -0.133. The molecule has 86 valence electrons. The lowest BCUT2D eigenvalue weighted by Gasteiger charge is -2.35. The third-order valence-electron chi connectivity index (χ3n) is 4.10. The average molecular weight is 210 g/mol. The van der Waals surface area contributed by atoms with Gasteiger partial charge in [0.1, 0.15) is 0 Å². The lowest BCUT2D eigenvalue weighted by Crippen LogP contribution is -2.50. The molecule has 0 heterocycles. The molecule has 0 aliphatic heterocycles. The van der Waals surface area contributed by atoms with E-state index in [0.717, 1.165) is 38.5 Å². The monoisotopic (exact) mass is 210 g/mol. The summed E-state index contributed by atoms with van der Waals surface area (Å²) in [5.74, 6) is 0.213. The summed E-state index contributed by atoms with van der Waals surface area (Å²) < 4.78 is 0. The van der Waals surface area contributed by atoms with Crippen molar-refractivity contribution in [2.75, 3.05) is 6.54 Å². The second kappa shape index (κ2) is 3.78. The first-order chi connectivity index (χ1) is 7.10. The summed E-state index contributed by atoms with van der Waals surface area (Å²) in [7, 11) is 0. The Kier molecular flexibility index (Phi) is 2.75. The average Bonchev–Trinajstić information content (AvgIpc) is 2.97. The number of amides is 1. The molecule has 3 nitrogen and oxygen atoms in total. The van der Waals surface area contributed by atoms with Gasteiger partial charge < -0.3 is 11.1 Å². The van der Waals surface area contributed by atoms with Gasteiger partial charge in [0.2, 0.25) is 5.91 Å². The first-order valence-corrected chi connectivity index (χ1v) is 6.13. The SMILES string of the molecule is CC1(NC(=O)C2(CN)CCCCC2)CC1. The van der Waals surface area contributed by atoms with Gasteiger partial charge >= 0.3 is 0 Å². The number of rotatable bonds is 3. The Labute approximate surface area is 91.8 Å². The highest BCUT2D eigenvalue weighted by atomic mass is 16.2. The van der Waals surface area contributed by atoms with E-state index in [0.29, 0.717) is 6.54 Å². The summed E-state index contributed by atoms with van der Waals surface area (Å²) in [5, 5.41) is 3.17. The summed E-state index contributed by atoms with van der Waals surface area (Å²) in [4.78, 5) is 12.2. The fourth-order valence-electron chi connectivity index (χ4n) is 2.47. The number of hydrogen-bond donors (Lipinski definition) is 2. The van der Waals surface area contributed by atoms with Gasteiger partial charge in [-0.1, -0.05) is 19.3 Å². The van der Waals surface area contributed by atoms with Crippen molar-refractivity contribution in [3.63, 3.8) is 0 Å². The molecule has 0 aromatic carbocycles. The van der Waals surface area contributed by atoms with Crippen LogP contribution >= 0.6 is 0 Å². The topological polar surface area (TPSA) is 55.1 Å². The number of nitrogens with one attached hydrogen (secondary N) is 1. The van der Waals surface area contributed by atoms with Crippen LogP contribution in [0, 0.1) is 5.41 Å². The van der Waals surface area contributed by atoms with Crippen molar-refractivity contribution in [3.05, 3.63) is 0 Å². The number of carbonyl (C=O) groups is 1. The van der Waals surface area contributed by atoms with Crippen molar-refractivity contribution in [1.29, 1.82) is 0 Å². The van der Waals surface area contributed by atoms with Gasteiger partial charge in [-0.15, -0.1) is 0 Å². The zero-order valence-corrected chi connectivity index (χ0v) is 9.64. The van der Waals surface area contributed by atoms with Gasteiger partial charge in [0.15, 0.2) is 0 Å². The van der Waals surface area contributed by atoms with Crippen molar-refractivity contribution >= 4 is 5.91 Å². The van der Waals surface area contributed by atoms with Crippen LogP contribution in [0.25, 0.3) is 0 Å². The second-order valence-corrected chi connectivity index (χ2v) is 5.56. The minimum atomic E-state index is -0.246. The van der Waals surface area contributed by atoms with E-state index in [1.54, 1.807) is 0 Å². The maximum Gasteiger partial charge on any atom is 0.227 e. The summed E-state index contributed by atoms with van der Waals surface area (Å²) in [6.45, 7) is 2.63. The van der Waals surface area contributed by atoms with Gasteiger partial charge in [-0.05, 0) is 32.6 Å². The molecule has 2 saturated carbocycles. The normalized spacial score (nSPS) is 27.1. The van der Waals surface area contributed by atoms with Crippen molar-refractivity contribution in [2.24, 2.45) is 11.1 Å². The molecule has 0 aromatic rings. The molecule has 0 saturated heterocycles. The van der Waals surface area contributed by atoms with Crippen LogP contribution in [0.15, 0.2) is 0 Å². The van der Waals surface area contributed by atoms with E-state index in [1.165, 1.54) is 6.42 Å². The molecule has 0 unspecified atom stereocenters. The molecule has 0 radical (unpaired) electrons. The molecule has 0 spiro atoms. The fourth-order valence-corrected chi connectivity index (χ4v) is 2.47. The van der Waals surface area contributed by atoms with Gasteiger partial charge in [-0.3, -0.25) is 4.79 Å². The first-order valence-electron chi connectivity index (χ1n) is 6.13. The number of carbonyl (C=O) groups excluding carboxylic acids is 1. The predicted molar refractivity (Wildman–Crippen MR) is 60.4 cm³/mol. The highest BCUT2D eigenvalue weighted by molar-refractivity contribution is 5.84. The number of nitrogens with two attached hydrogens (primary N) is 1. The largest absolute Gasteiger partial charge is 0.350 e. The number of hydrogen-bond acceptors (Lipinski definition) is 2. The van der Waals surface area contributed by atoms with Gasteiger partial charge in [-0.2, -0.15) is 0 Å². The Morgan fingerprint density at radius 2 is 1.80 bits per heavy atom. The van der Waals surface area contributed by atoms with E-state index in [2.05, 4.69) is 12.2 Å². The third kappa shape index (κ3) is 2.17.